The summed E-state index contributed by atoms with van der Waals surface area (Å²) in [5.41, 5.74) is -0.595. The minimum absolute atomic E-state index is 0.152. The number of nitrogens with zero attached hydrogens (tertiary/aromatic N) is 3. The molecule has 1 N–H and O–H groups in total. The molecule has 2 aromatic rings. The lowest BCUT2D eigenvalue weighted by Gasteiger charge is -2.39. The van der Waals surface area contributed by atoms with E-state index in [1.165, 1.54) is 21.9 Å². The summed E-state index contributed by atoms with van der Waals surface area (Å²) in [5, 5.41) is 2.82. The molecule has 4 rings (SSSR count). The maximum Gasteiger partial charge on any atom is 0.325 e. The number of amides is 4. The lowest BCUT2D eigenvalue weighted by atomic mass is 9.78. The molecule has 3 heterocycles. The summed E-state index contributed by atoms with van der Waals surface area (Å²) in [6.45, 7) is 2.41. The van der Waals surface area contributed by atoms with Gasteiger partial charge in [-0.2, -0.15) is 0 Å². The molecule has 2 fully saturated rings. The van der Waals surface area contributed by atoms with Crippen LogP contribution in [0.25, 0.3) is 0 Å². The van der Waals surface area contributed by atoms with Gasteiger partial charge in [0.2, 0.25) is 0 Å². The molecule has 0 spiro atoms. The van der Waals surface area contributed by atoms with Gasteiger partial charge in [-0.15, -0.1) is 0 Å². The number of pyridine rings is 1. The van der Waals surface area contributed by atoms with E-state index in [1.54, 1.807) is 31.5 Å². The standard InChI is InChI=1S/C22H22F2N4O3/c1-22(20(30)28(21(31)26-22)13-14-5-9-25-10-6-14)15-7-11-27(12-8-15)19(29)16-3-2-4-17(23)18(16)24/h2-6,9-10,15H,7-8,11-13H2,1H3,(H,26,31)/t22-/m0/s1. The van der Waals surface area contributed by atoms with Crippen LogP contribution in [0, 0.1) is 17.6 Å². The number of aromatic nitrogens is 1. The third kappa shape index (κ3) is 3.75. The van der Waals surface area contributed by atoms with Crippen LogP contribution in [0.15, 0.2) is 42.7 Å². The van der Waals surface area contributed by atoms with Gasteiger partial charge in [0, 0.05) is 25.5 Å². The van der Waals surface area contributed by atoms with E-state index in [-0.39, 0.29) is 37.0 Å². The predicted molar refractivity (Wildman–Crippen MR) is 107 cm³/mol. The minimum atomic E-state index is -1.16. The first-order chi connectivity index (χ1) is 14.8. The molecule has 1 aromatic heterocycles. The third-order valence-electron chi connectivity index (χ3n) is 6.17. The van der Waals surface area contributed by atoms with Crippen molar-refractivity contribution in [2.24, 2.45) is 5.92 Å². The van der Waals surface area contributed by atoms with Crippen LogP contribution < -0.4 is 5.32 Å². The lowest BCUT2D eigenvalue weighted by Crippen LogP contribution is -2.54. The molecule has 0 saturated carbocycles. The van der Waals surface area contributed by atoms with Gasteiger partial charge in [0.25, 0.3) is 11.8 Å². The number of benzene rings is 1. The zero-order valence-corrected chi connectivity index (χ0v) is 17.0. The molecule has 9 heteroatoms. The maximum absolute atomic E-state index is 14.0. The number of hydrogen-bond acceptors (Lipinski definition) is 4. The SMILES string of the molecule is C[C@@]1(C2CCN(C(=O)c3cccc(F)c3F)CC2)NC(=O)N(Cc2ccncc2)C1=O. The topological polar surface area (TPSA) is 82.6 Å². The minimum Gasteiger partial charge on any atom is -0.339 e. The van der Waals surface area contributed by atoms with E-state index in [0.717, 1.165) is 11.6 Å². The maximum atomic E-state index is 14.0. The van der Waals surface area contributed by atoms with Crippen molar-refractivity contribution in [1.82, 2.24) is 20.1 Å². The van der Waals surface area contributed by atoms with Crippen LogP contribution in [0.3, 0.4) is 0 Å². The number of piperidine rings is 1. The molecular formula is C22H22F2N4O3. The lowest BCUT2D eigenvalue weighted by molar-refractivity contribution is -0.133. The van der Waals surface area contributed by atoms with Gasteiger partial charge >= 0.3 is 6.03 Å². The molecule has 7 nitrogen and oxygen atoms in total. The highest BCUT2D eigenvalue weighted by atomic mass is 19.2. The monoisotopic (exact) mass is 428 g/mol. The van der Waals surface area contributed by atoms with Crippen molar-refractivity contribution >= 4 is 17.8 Å². The fourth-order valence-electron chi connectivity index (χ4n) is 4.31. The number of urea groups is 1. The summed E-state index contributed by atoms with van der Waals surface area (Å²) in [7, 11) is 0. The first-order valence-corrected chi connectivity index (χ1v) is 10.1. The first kappa shape index (κ1) is 20.9. The Morgan fingerprint density at radius 3 is 2.52 bits per heavy atom. The van der Waals surface area contributed by atoms with Crippen LogP contribution in [-0.4, -0.2) is 51.3 Å². The van der Waals surface area contributed by atoms with Crippen molar-refractivity contribution in [3.8, 4) is 0 Å². The van der Waals surface area contributed by atoms with E-state index in [2.05, 4.69) is 10.3 Å². The van der Waals surface area contributed by atoms with E-state index in [4.69, 9.17) is 0 Å². The first-order valence-electron chi connectivity index (χ1n) is 10.1. The molecule has 2 aliphatic rings. The fraction of sp³-hybridized carbons (Fsp3) is 0.364. The van der Waals surface area contributed by atoms with Crippen LogP contribution in [-0.2, 0) is 11.3 Å². The van der Waals surface area contributed by atoms with Crippen molar-refractivity contribution in [3.05, 3.63) is 65.5 Å². The second-order valence-electron chi connectivity index (χ2n) is 8.05. The van der Waals surface area contributed by atoms with E-state index in [9.17, 15) is 23.2 Å². The van der Waals surface area contributed by atoms with Gasteiger partial charge in [0.15, 0.2) is 11.6 Å². The molecule has 0 radical (unpaired) electrons. The number of carbonyl (C=O) groups is 3. The molecule has 0 aliphatic carbocycles. The van der Waals surface area contributed by atoms with Crippen molar-refractivity contribution in [3.63, 3.8) is 0 Å². The highest BCUT2D eigenvalue weighted by Gasteiger charge is 2.52. The summed E-state index contributed by atoms with van der Waals surface area (Å²) < 4.78 is 27.4. The van der Waals surface area contributed by atoms with Crippen molar-refractivity contribution in [1.29, 1.82) is 0 Å². The summed E-state index contributed by atoms with van der Waals surface area (Å²) in [6, 6.07) is 6.54. The molecule has 2 aliphatic heterocycles. The molecule has 1 atom stereocenters. The number of rotatable bonds is 4. The Balaban J connectivity index is 1.43. The number of halogens is 2. The van der Waals surface area contributed by atoms with E-state index >= 15 is 0 Å². The molecule has 1 aromatic carbocycles. The predicted octanol–water partition coefficient (Wildman–Crippen LogP) is 2.72. The molecule has 0 unspecified atom stereocenters. The Hall–Kier alpha value is -3.36. The van der Waals surface area contributed by atoms with Gasteiger partial charge in [0.05, 0.1) is 12.1 Å². The van der Waals surface area contributed by atoms with E-state index < -0.39 is 29.1 Å². The quantitative estimate of drug-likeness (QED) is 0.760. The van der Waals surface area contributed by atoms with Gasteiger partial charge in [-0.1, -0.05) is 6.07 Å². The summed E-state index contributed by atoms with van der Waals surface area (Å²) >= 11 is 0. The Morgan fingerprint density at radius 2 is 1.84 bits per heavy atom. The summed E-state index contributed by atoms with van der Waals surface area (Å²) in [6.07, 6.45) is 4.10. The van der Waals surface area contributed by atoms with Gasteiger partial charge < -0.3 is 10.2 Å². The number of carbonyl (C=O) groups excluding carboxylic acids is 3. The summed E-state index contributed by atoms with van der Waals surface area (Å²) in [4.78, 5) is 44.8. The smallest absolute Gasteiger partial charge is 0.325 e. The van der Waals surface area contributed by atoms with Crippen LogP contribution in [0.1, 0.15) is 35.7 Å². The van der Waals surface area contributed by atoms with Crippen LogP contribution >= 0.6 is 0 Å². The van der Waals surface area contributed by atoms with Crippen LogP contribution in [0.4, 0.5) is 13.6 Å². The Labute approximate surface area is 178 Å². The van der Waals surface area contributed by atoms with E-state index in [1.807, 2.05) is 0 Å². The average molecular weight is 428 g/mol. The highest BCUT2D eigenvalue weighted by molar-refractivity contribution is 6.07. The Morgan fingerprint density at radius 1 is 1.16 bits per heavy atom. The normalized spacial score (nSPS) is 22.0. The van der Waals surface area contributed by atoms with Gasteiger partial charge in [-0.05, 0) is 55.5 Å². The zero-order valence-electron chi connectivity index (χ0n) is 17.0. The highest BCUT2D eigenvalue weighted by Crippen LogP contribution is 2.34. The van der Waals surface area contributed by atoms with Gasteiger partial charge in [-0.25, -0.2) is 13.6 Å². The van der Waals surface area contributed by atoms with E-state index in [0.29, 0.717) is 12.8 Å². The molecule has 2 saturated heterocycles. The van der Waals surface area contributed by atoms with Crippen LogP contribution in [0.5, 0.6) is 0 Å². The molecule has 31 heavy (non-hydrogen) atoms. The number of likely N-dealkylation sites (tertiary alicyclic amines) is 1. The second kappa shape index (κ2) is 8.05. The molecule has 162 valence electrons. The Bertz CT molecular complexity index is 1020. The Kier molecular flexibility index (Phi) is 5.43. The zero-order chi connectivity index (χ0) is 22.2. The molecule has 4 amide bonds. The third-order valence-corrected chi connectivity index (χ3v) is 6.17. The molecule has 0 bridgehead atoms. The number of hydrogen-bond donors (Lipinski definition) is 1. The fourth-order valence-corrected chi connectivity index (χ4v) is 4.31. The second-order valence-corrected chi connectivity index (χ2v) is 8.05. The average Bonchev–Trinajstić information content (AvgIpc) is 3.00. The molecular weight excluding hydrogens is 406 g/mol. The van der Waals surface area contributed by atoms with Gasteiger partial charge in [0.1, 0.15) is 5.54 Å². The number of nitrogens with one attached hydrogen (secondary N) is 1. The van der Waals surface area contributed by atoms with Crippen LogP contribution in [0.2, 0.25) is 0 Å². The number of imide groups is 1. The van der Waals surface area contributed by atoms with Crippen molar-refractivity contribution in [2.45, 2.75) is 31.8 Å². The summed E-state index contributed by atoms with van der Waals surface area (Å²) in [5.74, 6) is -3.31. The van der Waals surface area contributed by atoms with Crippen molar-refractivity contribution < 1.29 is 23.2 Å². The van der Waals surface area contributed by atoms with Crippen molar-refractivity contribution in [2.75, 3.05) is 13.1 Å². The largest absolute Gasteiger partial charge is 0.339 e. The van der Waals surface area contributed by atoms with Gasteiger partial charge in [-0.3, -0.25) is 19.5 Å².